The molecule has 0 atom stereocenters. The number of ether oxygens (including phenoxy) is 1. The van der Waals surface area contributed by atoms with Crippen molar-refractivity contribution < 1.29 is 4.74 Å². The molecule has 8 heteroatoms. The van der Waals surface area contributed by atoms with Crippen LogP contribution in [0.4, 0.5) is 11.6 Å². The zero-order valence-corrected chi connectivity index (χ0v) is 19.3. The summed E-state index contributed by atoms with van der Waals surface area (Å²) in [4.78, 5) is 9.46. The van der Waals surface area contributed by atoms with Crippen LogP contribution in [0.2, 0.25) is 0 Å². The Balaban J connectivity index is 1.43. The van der Waals surface area contributed by atoms with E-state index in [9.17, 15) is 0 Å². The van der Waals surface area contributed by atoms with Gasteiger partial charge in [-0.1, -0.05) is 13.8 Å². The highest BCUT2D eigenvalue weighted by Gasteiger charge is 2.19. The maximum absolute atomic E-state index is 5.52. The molecule has 0 aromatic carbocycles. The maximum Gasteiger partial charge on any atom is 0.154 e. The van der Waals surface area contributed by atoms with Crippen molar-refractivity contribution in [3.05, 3.63) is 54.1 Å². The van der Waals surface area contributed by atoms with Gasteiger partial charge in [0.15, 0.2) is 5.82 Å². The third-order valence-electron chi connectivity index (χ3n) is 6.18. The number of nitrogens with zero attached hydrogens (tertiary/aromatic N) is 6. The number of aryl methyl sites for hydroxylation is 1. The van der Waals surface area contributed by atoms with E-state index < -0.39 is 0 Å². The molecule has 0 saturated carbocycles. The summed E-state index contributed by atoms with van der Waals surface area (Å²) in [6.45, 7) is 5.96. The first-order valence-corrected chi connectivity index (χ1v) is 11.5. The maximum atomic E-state index is 5.52. The highest BCUT2D eigenvalue weighted by molar-refractivity contribution is 5.82. The molecule has 1 fully saturated rings. The molecule has 0 unspecified atom stereocenters. The number of nitrogens with one attached hydrogen (secondary N) is 1. The van der Waals surface area contributed by atoms with E-state index in [1.165, 1.54) is 0 Å². The van der Waals surface area contributed by atoms with Crippen molar-refractivity contribution in [2.75, 3.05) is 18.5 Å². The number of aromatic nitrogens is 6. The van der Waals surface area contributed by atoms with Crippen LogP contribution in [0.1, 0.15) is 43.9 Å². The standard InChI is InChI=1S/C25H29N7O/c1-16(2)18-12-25(30-27-14-18)29-24-5-4-21-23(28-24)11-19(13-26-21)20-15-32(3)31-22(20)10-17-6-8-33-9-7-17/h4-5,11-17H,6-10H2,1-3H3,(H,28,29,30). The van der Waals surface area contributed by atoms with Gasteiger partial charge in [-0.15, -0.1) is 5.10 Å². The Labute approximate surface area is 193 Å². The van der Waals surface area contributed by atoms with Crippen LogP contribution in [0.15, 0.2) is 42.9 Å². The second-order valence-electron chi connectivity index (χ2n) is 9.04. The molecular weight excluding hydrogens is 414 g/mol. The molecule has 1 N–H and O–H groups in total. The molecule has 4 aromatic heterocycles. The lowest BCUT2D eigenvalue weighted by Crippen LogP contribution is -2.18. The fourth-order valence-corrected chi connectivity index (χ4v) is 4.26. The zero-order chi connectivity index (χ0) is 22.8. The van der Waals surface area contributed by atoms with E-state index in [2.05, 4.69) is 46.6 Å². The van der Waals surface area contributed by atoms with Gasteiger partial charge < -0.3 is 10.1 Å². The lowest BCUT2D eigenvalue weighted by Gasteiger charge is -2.21. The van der Waals surface area contributed by atoms with Crippen LogP contribution in [0, 0.1) is 5.92 Å². The molecule has 0 spiro atoms. The van der Waals surface area contributed by atoms with E-state index in [0.717, 1.165) is 65.9 Å². The van der Waals surface area contributed by atoms with Gasteiger partial charge in [0.05, 0.1) is 22.9 Å². The van der Waals surface area contributed by atoms with E-state index in [-0.39, 0.29) is 0 Å². The van der Waals surface area contributed by atoms with Crippen molar-refractivity contribution in [3.8, 4) is 11.1 Å². The summed E-state index contributed by atoms with van der Waals surface area (Å²) in [7, 11) is 1.97. The van der Waals surface area contributed by atoms with Gasteiger partial charge in [-0.25, -0.2) is 4.98 Å². The van der Waals surface area contributed by atoms with Gasteiger partial charge in [0, 0.05) is 43.8 Å². The average molecular weight is 444 g/mol. The average Bonchev–Trinajstić information content (AvgIpc) is 3.19. The Bertz CT molecular complexity index is 1260. The van der Waals surface area contributed by atoms with E-state index in [4.69, 9.17) is 14.8 Å². The van der Waals surface area contributed by atoms with Crippen molar-refractivity contribution in [1.82, 2.24) is 29.9 Å². The Morgan fingerprint density at radius 3 is 2.76 bits per heavy atom. The summed E-state index contributed by atoms with van der Waals surface area (Å²) in [6, 6.07) is 7.99. The van der Waals surface area contributed by atoms with Crippen molar-refractivity contribution >= 4 is 22.7 Å². The van der Waals surface area contributed by atoms with E-state index in [1.807, 2.05) is 36.1 Å². The second kappa shape index (κ2) is 9.23. The van der Waals surface area contributed by atoms with Crippen LogP contribution in [0.3, 0.4) is 0 Å². The number of rotatable bonds is 6. The van der Waals surface area contributed by atoms with E-state index in [0.29, 0.717) is 23.5 Å². The first-order valence-electron chi connectivity index (χ1n) is 11.5. The summed E-state index contributed by atoms with van der Waals surface area (Å²) >= 11 is 0. The highest BCUT2D eigenvalue weighted by Crippen LogP contribution is 2.29. The molecule has 0 amide bonds. The topological polar surface area (TPSA) is 90.6 Å². The molecule has 1 aliphatic rings. The fraction of sp³-hybridized carbons (Fsp3) is 0.400. The highest BCUT2D eigenvalue weighted by atomic mass is 16.5. The van der Waals surface area contributed by atoms with Crippen molar-refractivity contribution in [1.29, 1.82) is 0 Å². The van der Waals surface area contributed by atoms with Crippen LogP contribution < -0.4 is 5.32 Å². The lowest BCUT2D eigenvalue weighted by atomic mass is 9.92. The van der Waals surface area contributed by atoms with Gasteiger partial charge in [-0.3, -0.25) is 9.67 Å². The lowest BCUT2D eigenvalue weighted by molar-refractivity contribution is 0.0663. The molecule has 8 nitrogen and oxygen atoms in total. The normalized spacial score (nSPS) is 14.8. The molecule has 4 aromatic rings. The number of hydrogen-bond donors (Lipinski definition) is 1. The minimum Gasteiger partial charge on any atom is -0.381 e. The quantitative estimate of drug-likeness (QED) is 0.463. The summed E-state index contributed by atoms with van der Waals surface area (Å²) in [5.41, 5.74) is 6.07. The molecule has 1 saturated heterocycles. The molecule has 1 aliphatic heterocycles. The number of anilines is 2. The van der Waals surface area contributed by atoms with Gasteiger partial charge in [0.2, 0.25) is 0 Å². The van der Waals surface area contributed by atoms with Gasteiger partial charge in [-0.05, 0) is 60.9 Å². The third-order valence-corrected chi connectivity index (χ3v) is 6.18. The molecular formula is C25H29N7O. The van der Waals surface area contributed by atoms with Crippen LogP contribution in [0.25, 0.3) is 22.2 Å². The number of pyridine rings is 2. The zero-order valence-electron chi connectivity index (χ0n) is 19.3. The molecule has 33 heavy (non-hydrogen) atoms. The van der Waals surface area contributed by atoms with Gasteiger partial charge in [-0.2, -0.15) is 10.2 Å². The second-order valence-corrected chi connectivity index (χ2v) is 9.04. The number of fused-ring (bicyclic) bond motifs is 1. The number of hydrogen-bond acceptors (Lipinski definition) is 7. The first-order chi connectivity index (χ1) is 16.0. The smallest absolute Gasteiger partial charge is 0.154 e. The van der Waals surface area contributed by atoms with Gasteiger partial charge in [0.1, 0.15) is 5.82 Å². The van der Waals surface area contributed by atoms with E-state index >= 15 is 0 Å². The minimum atomic E-state index is 0.382. The molecule has 0 bridgehead atoms. The molecule has 0 radical (unpaired) electrons. The van der Waals surface area contributed by atoms with Crippen molar-refractivity contribution in [2.45, 2.75) is 39.0 Å². The predicted octanol–water partition coefficient (Wildman–Crippen LogP) is 4.66. The largest absolute Gasteiger partial charge is 0.381 e. The summed E-state index contributed by atoms with van der Waals surface area (Å²) in [6.07, 6.45) is 8.92. The summed E-state index contributed by atoms with van der Waals surface area (Å²) < 4.78 is 7.41. The Morgan fingerprint density at radius 1 is 1.09 bits per heavy atom. The van der Waals surface area contributed by atoms with Crippen LogP contribution in [-0.2, 0) is 18.2 Å². The Morgan fingerprint density at radius 2 is 1.94 bits per heavy atom. The van der Waals surface area contributed by atoms with Gasteiger partial charge in [0.25, 0.3) is 0 Å². The predicted molar refractivity (Wildman–Crippen MR) is 128 cm³/mol. The van der Waals surface area contributed by atoms with Crippen molar-refractivity contribution in [2.24, 2.45) is 13.0 Å². The Kier molecular flexibility index (Phi) is 6.00. The third kappa shape index (κ3) is 4.85. The fourth-order valence-electron chi connectivity index (χ4n) is 4.26. The summed E-state index contributed by atoms with van der Waals surface area (Å²) in [5.74, 6) is 2.39. The van der Waals surface area contributed by atoms with Gasteiger partial charge >= 0.3 is 0 Å². The van der Waals surface area contributed by atoms with Crippen molar-refractivity contribution in [3.63, 3.8) is 0 Å². The van der Waals surface area contributed by atoms with Crippen LogP contribution in [-0.4, -0.2) is 43.2 Å². The first kappa shape index (κ1) is 21.5. The minimum absolute atomic E-state index is 0.382. The summed E-state index contributed by atoms with van der Waals surface area (Å²) in [5, 5.41) is 16.3. The molecule has 170 valence electrons. The SMILES string of the molecule is CC(C)c1cnnc(Nc2ccc3ncc(-c4cn(C)nc4CC4CCOCC4)cc3n2)c1. The molecule has 0 aliphatic carbocycles. The molecule has 5 rings (SSSR count). The molecule has 5 heterocycles. The Hall–Kier alpha value is -3.39. The van der Waals surface area contributed by atoms with Crippen LogP contribution in [0.5, 0.6) is 0 Å². The monoisotopic (exact) mass is 443 g/mol. The van der Waals surface area contributed by atoms with E-state index in [1.54, 1.807) is 6.20 Å². The van der Waals surface area contributed by atoms with Crippen LogP contribution >= 0.6 is 0 Å².